The van der Waals surface area contributed by atoms with Gasteiger partial charge in [0.25, 0.3) is 0 Å². The summed E-state index contributed by atoms with van der Waals surface area (Å²) in [5, 5.41) is 9.59. The van der Waals surface area contributed by atoms with Crippen LogP contribution in [0.5, 0.6) is 0 Å². The summed E-state index contributed by atoms with van der Waals surface area (Å²) in [5.74, 6) is 0.801. The van der Waals surface area contributed by atoms with Crippen molar-refractivity contribution in [2.75, 3.05) is 6.54 Å². The van der Waals surface area contributed by atoms with Crippen LogP contribution in [-0.4, -0.2) is 23.5 Å². The van der Waals surface area contributed by atoms with E-state index in [0.29, 0.717) is 18.8 Å². The predicted molar refractivity (Wildman–Crippen MR) is 80.7 cm³/mol. The van der Waals surface area contributed by atoms with Crippen LogP contribution >= 0.6 is 0 Å². The number of hydrogen-bond donors (Lipinski definition) is 2. The van der Waals surface area contributed by atoms with E-state index in [4.69, 9.17) is 5.73 Å². The number of carbonyl (C=O) groups is 1. The highest BCUT2D eigenvalue weighted by molar-refractivity contribution is 5.96. The Morgan fingerprint density at radius 1 is 1.30 bits per heavy atom. The second-order valence-corrected chi connectivity index (χ2v) is 5.93. The first kappa shape index (κ1) is 15.2. The molecule has 20 heavy (non-hydrogen) atoms. The maximum Gasteiger partial charge on any atom is 0.163 e. The number of aliphatic hydroxyl groups is 1. The van der Waals surface area contributed by atoms with Gasteiger partial charge in [-0.2, -0.15) is 0 Å². The van der Waals surface area contributed by atoms with Gasteiger partial charge in [0.1, 0.15) is 0 Å². The Labute approximate surface area is 121 Å². The molecule has 0 spiro atoms. The van der Waals surface area contributed by atoms with Crippen molar-refractivity contribution >= 4 is 5.78 Å². The van der Waals surface area contributed by atoms with Gasteiger partial charge in [-0.15, -0.1) is 0 Å². The van der Waals surface area contributed by atoms with Crippen LogP contribution in [0.15, 0.2) is 24.3 Å². The zero-order chi connectivity index (χ0) is 14.4. The monoisotopic (exact) mass is 275 g/mol. The lowest BCUT2D eigenvalue weighted by Gasteiger charge is -2.20. The van der Waals surface area contributed by atoms with E-state index in [0.717, 1.165) is 11.1 Å². The molecule has 1 saturated carbocycles. The maximum atomic E-state index is 12.3. The molecule has 110 valence electrons. The zero-order valence-electron chi connectivity index (χ0n) is 12.1. The molecular weight excluding hydrogens is 250 g/mol. The molecule has 3 nitrogen and oxygen atoms in total. The molecular formula is C17H25NO2. The van der Waals surface area contributed by atoms with E-state index in [1.165, 1.54) is 32.1 Å². The quantitative estimate of drug-likeness (QED) is 0.785. The van der Waals surface area contributed by atoms with Gasteiger partial charge in [-0.3, -0.25) is 4.79 Å². The highest BCUT2D eigenvalue weighted by atomic mass is 16.3. The van der Waals surface area contributed by atoms with Crippen LogP contribution in [0.3, 0.4) is 0 Å². The summed E-state index contributed by atoms with van der Waals surface area (Å²) in [4.78, 5) is 12.3. The third-order valence-corrected chi connectivity index (χ3v) is 4.19. The molecule has 1 unspecified atom stereocenters. The van der Waals surface area contributed by atoms with E-state index < -0.39 is 6.10 Å². The third kappa shape index (κ3) is 4.43. The normalized spacial score (nSPS) is 17.9. The number of nitrogens with two attached hydrogens (primary N) is 1. The minimum atomic E-state index is -0.529. The lowest BCUT2D eigenvalue weighted by molar-refractivity contribution is 0.0950. The van der Waals surface area contributed by atoms with E-state index in [2.05, 4.69) is 0 Å². The summed E-state index contributed by atoms with van der Waals surface area (Å²) in [6.45, 7) is 0.250. The van der Waals surface area contributed by atoms with Gasteiger partial charge in [0.05, 0.1) is 6.10 Å². The van der Waals surface area contributed by atoms with Crippen LogP contribution in [0.1, 0.15) is 54.4 Å². The average molecular weight is 275 g/mol. The van der Waals surface area contributed by atoms with Gasteiger partial charge in [0.15, 0.2) is 5.78 Å². The van der Waals surface area contributed by atoms with Crippen molar-refractivity contribution in [2.24, 2.45) is 11.7 Å². The van der Waals surface area contributed by atoms with Crippen LogP contribution in [0, 0.1) is 5.92 Å². The van der Waals surface area contributed by atoms with Crippen molar-refractivity contribution in [1.82, 2.24) is 0 Å². The summed E-state index contributed by atoms with van der Waals surface area (Å²) in [6.07, 6.45) is 6.88. The number of aliphatic hydroxyl groups excluding tert-OH is 1. The van der Waals surface area contributed by atoms with Crippen LogP contribution < -0.4 is 5.73 Å². The Balaban J connectivity index is 1.96. The minimum Gasteiger partial charge on any atom is -0.391 e. The van der Waals surface area contributed by atoms with Gasteiger partial charge in [0, 0.05) is 18.5 Å². The van der Waals surface area contributed by atoms with Gasteiger partial charge < -0.3 is 10.8 Å². The minimum absolute atomic E-state index is 0.237. The highest BCUT2D eigenvalue weighted by Crippen LogP contribution is 2.27. The number of benzene rings is 1. The Bertz CT molecular complexity index is 438. The van der Waals surface area contributed by atoms with Crippen molar-refractivity contribution < 1.29 is 9.90 Å². The first-order chi connectivity index (χ1) is 9.69. The Morgan fingerprint density at radius 3 is 2.75 bits per heavy atom. The molecule has 1 aliphatic carbocycles. The summed E-state index contributed by atoms with van der Waals surface area (Å²) >= 11 is 0. The fraction of sp³-hybridized carbons (Fsp3) is 0.588. The SMILES string of the molecule is NCC(O)Cc1cccc(C(=O)CC2CCCCC2)c1. The fourth-order valence-electron chi connectivity index (χ4n) is 3.00. The first-order valence-electron chi connectivity index (χ1n) is 7.69. The summed E-state index contributed by atoms with van der Waals surface area (Å²) in [6, 6.07) is 7.62. The van der Waals surface area contributed by atoms with Gasteiger partial charge in [-0.05, 0) is 24.0 Å². The van der Waals surface area contributed by atoms with Gasteiger partial charge in [0.2, 0.25) is 0 Å². The smallest absolute Gasteiger partial charge is 0.163 e. The molecule has 3 heteroatoms. The number of carbonyl (C=O) groups excluding carboxylic acids is 1. The molecule has 3 N–H and O–H groups in total. The average Bonchev–Trinajstić information content (AvgIpc) is 2.48. The second kappa shape index (κ2) is 7.55. The Morgan fingerprint density at radius 2 is 2.05 bits per heavy atom. The first-order valence-corrected chi connectivity index (χ1v) is 7.69. The second-order valence-electron chi connectivity index (χ2n) is 5.93. The van der Waals surface area contributed by atoms with E-state index in [1.807, 2.05) is 24.3 Å². The molecule has 0 aromatic heterocycles. The number of rotatable bonds is 6. The molecule has 1 aromatic rings. The van der Waals surface area contributed by atoms with Crippen LogP contribution in [-0.2, 0) is 6.42 Å². The summed E-state index contributed by atoms with van der Waals surface area (Å²) < 4.78 is 0. The van der Waals surface area contributed by atoms with Crippen molar-refractivity contribution in [2.45, 2.75) is 51.0 Å². The molecule has 2 rings (SSSR count). The zero-order valence-corrected chi connectivity index (χ0v) is 12.1. The van der Waals surface area contributed by atoms with Crippen LogP contribution in [0.4, 0.5) is 0 Å². The lowest BCUT2D eigenvalue weighted by atomic mass is 9.84. The molecule has 0 heterocycles. The third-order valence-electron chi connectivity index (χ3n) is 4.19. The number of hydrogen-bond acceptors (Lipinski definition) is 3. The molecule has 1 fully saturated rings. The van der Waals surface area contributed by atoms with Crippen molar-refractivity contribution in [1.29, 1.82) is 0 Å². The fourth-order valence-corrected chi connectivity index (χ4v) is 3.00. The maximum absolute atomic E-state index is 12.3. The summed E-state index contributed by atoms with van der Waals surface area (Å²) in [7, 11) is 0. The predicted octanol–water partition coefficient (Wildman–Crippen LogP) is 2.70. The van der Waals surface area contributed by atoms with Crippen LogP contribution in [0.2, 0.25) is 0 Å². The number of Topliss-reactive ketones (excluding diaryl/α,β-unsaturated/α-hetero) is 1. The van der Waals surface area contributed by atoms with E-state index in [1.54, 1.807) is 0 Å². The topological polar surface area (TPSA) is 63.3 Å². The molecule has 1 aliphatic rings. The number of ketones is 1. The molecule has 1 aromatic carbocycles. The molecule has 0 saturated heterocycles. The van der Waals surface area contributed by atoms with Crippen LogP contribution in [0.25, 0.3) is 0 Å². The van der Waals surface area contributed by atoms with E-state index >= 15 is 0 Å². The highest BCUT2D eigenvalue weighted by Gasteiger charge is 2.18. The van der Waals surface area contributed by atoms with Gasteiger partial charge in [-0.25, -0.2) is 0 Å². The van der Waals surface area contributed by atoms with Crippen molar-refractivity contribution in [3.05, 3.63) is 35.4 Å². The molecule has 0 radical (unpaired) electrons. The standard InChI is InChI=1S/C17H25NO2/c18-12-16(19)10-14-7-4-8-15(9-14)17(20)11-13-5-2-1-3-6-13/h4,7-9,13,16,19H,1-3,5-6,10-12,18H2. The summed E-state index contributed by atoms with van der Waals surface area (Å²) in [5.41, 5.74) is 7.18. The molecule has 0 bridgehead atoms. The molecule has 0 aliphatic heterocycles. The van der Waals surface area contributed by atoms with Gasteiger partial charge in [-0.1, -0.05) is 50.3 Å². The van der Waals surface area contributed by atoms with E-state index in [-0.39, 0.29) is 12.3 Å². The molecule has 1 atom stereocenters. The Kier molecular flexibility index (Phi) is 5.74. The van der Waals surface area contributed by atoms with E-state index in [9.17, 15) is 9.90 Å². The van der Waals surface area contributed by atoms with Crippen molar-refractivity contribution in [3.8, 4) is 0 Å². The van der Waals surface area contributed by atoms with Gasteiger partial charge >= 0.3 is 0 Å². The largest absolute Gasteiger partial charge is 0.391 e. The Hall–Kier alpha value is -1.19. The molecule has 0 amide bonds. The lowest BCUT2D eigenvalue weighted by Crippen LogP contribution is -2.22. The van der Waals surface area contributed by atoms with Crippen molar-refractivity contribution in [3.63, 3.8) is 0 Å².